The van der Waals surface area contributed by atoms with Gasteiger partial charge in [0.15, 0.2) is 0 Å². The smallest absolute Gasteiger partial charge is 0.0994 e. The molecular formula is C16H24N2. The maximum atomic E-state index is 8.89. The van der Waals surface area contributed by atoms with Crippen LogP contribution < -0.4 is 5.32 Å². The highest BCUT2D eigenvalue weighted by Crippen LogP contribution is 2.17. The van der Waals surface area contributed by atoms with Crippen molar-refractivity contribution >= 4 is 5.69 Å². The molecular weight excluding hydrogens is 220 g/mol. The van der Waals surface area contributed by atoms with Gasteiger partial charge in [0.25, 0.3) is 0 Å². The van der Waals surface area contributed by atoms with Gasteiger partial charge in [-0.3, -0.25) is 0 Å². The van der Waals surface area contributed by atoms with Crippen molar-refractivity contribution in [1.82, 2.24) is 0 Å². The maximum Gasteiger partial charge on any atom is 0.0994 e. The largest absolute Gasteiger partial charge is 0.385 e. The van der Waals surface area contributed by atoms with Crippen LogP contribution in [0.15, 0.2) is 18.2 Å². The van der Waals surface area contributed by atoms with E-state index in [4.69, 9.17) is 5.26 Å². The molecule has 1 aromatic rings. The molecule has 0 bridgehead atoms. The minimum atomic E-state index is 0.751. The average Bonchev–Trinajstić information content (AvgIpc) is 2.39. The minimum absolute atomic E-state index is 0.751. The van der Waals surface area contributed by atoms with Crippen molar-refractivity contribution in [3.05, 3.63) is 29.3 Å². The van der Waals surface area contributed by atoms with E-state index in [9.17, 15) is 0 Å². The first-order valence-corrected chi connectivity index (χ1v) is 6.95. The molecule has 1 aromatic carbocycles. The fourth-order valence-electron chi connectivity index (χ4n) is 2.10. The van der Waals surface area contributed by atoms with Crippen molar-refractivity contribution in [2.75, 3.05) is 11.9 Å². The molecule has 0 spiro atoms. The van der Waals surface area contributed by atoms with E-state index in [0.29, 0.717) is 0 Å². The Hall–Kier alpha value is -1.49. The summed E-state index contributed by atoms with van der Waals surface area (Å²) in [6, 6.07) is 8.15. The summed E-state index contributed by atoms with van der Waals surface area (Å²) in [5.41, 5.74) is 2.93. The lowest BCUT2D eigenvalue weighted by Crippen LogP contribution is -2.13. The molecule has 0 heterocycles. The Labute approximate surface area is 111 Å². The van der Waals surface area contributed by atoms with E-state index in [1.165, 1.54) is 25.7 Å². The van der Waals surface area contributed by atoms with Crippen LogP contribution >= 0.6 is 0 Å². The first-order valence-electron chi connectivity index (χ1n) is 6.95. The zero-order chi connectivity index (χ0) is 13.4. The Morgan fingerprint density at radius 1 is 1.33 bits per heavy atom. The molecule has 2 heteroatoms. The second kappa shape index (κ2) is 7.76. The van der Waals surface area contributed by atoms with Gasteiger partial charge in [0.2, 0.25) is 0 Å². The third-order valence-corrected chi connectivity index (χ3v) is 3.48. The van der Waals surface area contributed by atoms with Crippen molar-refractivity contribution < 1.29 is 0 Å². The topological polar surface area (TPSA) is 35.8 Å². The zero-order valence-electron chi connectivity index (χ0n) is 11.8. The van der Waals surface area contributed by atoms with Gasteiger partial charge in [-0.15, -0.1) is 0 Å². The predicted octanol–water partition coefficient (Wildman–Crippen LogP) is 4.50. The van der Waals surface area contributed by atoms with E-state index in [1.54, 1.807) is 0 Å². The minimum Gasteiger partial charge on any atom is -0.385 e. The zero-order valence-corrected chi connectivity index (χ0v) is 11.8. The lowest BCUT2D eigenvalue weighted by molar-refractivity contribution is 0.473. The summed E-state index contributed by atoms with van der Waals surface area (Å²) < 4.78 is 0. The molecule has 18 heavy (non-hydrogen) atoms. The summed E-state index contributed by atoms with van der Waals surface area (Å²) >= 11 is 0. The maximum absolute atomic E-state index is 8.89. The lowest BCUT2D eigenvalue weighted by Gasteiger charge is -2.16. The number of hydrogen-bond donors (Lipinski definition) is 1. The molecule has 0 aliphatic rings. The quantitative estimate of drug-likeness (QED) is 0.766. The number of benzene rings is 1. The van der Waals surface area contributed by atoms with Crippen molar-refractivity contribution in [2.24, 2.45) is 5.92 Å². The highest BCUT2D eigenvalue weighted by Gasteiger charge is 2.06. The highest BCUT2D eigenvalue weighted by molar-refractivity contribution is 5.51. The standard InChI is InChI=1S/C16H24N2/c1-4-6-7-14(5-2)12-18-16-9-8-15(11-17)13(3)10-16/h8-10,14,18H,4-7,12H2,1-3H3. The molecule has 0 aromatic heterocycles. The molecule has 0 fully saturated rings. The molecule has 0 saturated heterocycles. The van der Waals surface area contributed by atoms with Crippen LogP contribution in [0.5, 0.6) is 0 Å². The number of unbranched alkanes of at least 4 members (excludes halogenated alkanes) is 1. The third-order valence-electron chi connectivity index (χ3n) is 3.48. The van der Waals surface area contributed by atoms with E-state index in [1.807, 2.05) is 19.1 Å². The first kappa shape index (κ1) is 14.6. The van der Waals surface area contributed by atoms with Crippen LogP contribution in [0.3, 0.4) is 0 Å². The molecule has 1 rings (SSSR count). The van der Waals surface area contributed by atoms with Gasteiger partial charge >= 0.3 is 0 Å². The predicted molar refractivity (Wildman–Crippen MR) is 77.7 cm³/mol. The molecule has 1 atom stereocenters. The van der Waals surface area contributed by atoms with Gasteiger partial charge in [0.1, 0.15) is 0 Å². The number of rotatable bonds is 7. The van der Waals surface area contributed by atoms with Crippen LogP contribution in [-0.2, 0) is 0 Å². The van der Waals surface area contributed by atoms with Crippen LogP contribution in [0.2, 0.25) is 0 Å². The van der Waals surface area contributed by atoms with Crippen LogP contribution in [0.25, 0.3) is 0 Å². The summed E-state index contributed by atoms with van der Waals surface area (Å²) in [5, 5.41) is 12.4. The molecule has 1 N–H and O–H groups in total. The molecule has 0 amide bonds. The van der Waals surface area contributed by atoms with Crippen molar-refractivity contribution in [3.63, 3.8) is 0 Å². The summed E-state index contributed by atoms with van der Waals surface area (Å²) in [4.78, 5) is 0. The number of nitrogens with one attached hydrogen (secondary N) is 1. The van der Waals surface area contributed by atoms with Crippen molar-refractivity contribution in [3.8, 4) is 6.07 Å². The second-order valence-corrected chi connectivity index (χ2v) is 4.94. The van der Waals surface area contributed by atoms with E-state index in [2.05, 4.69) is 31.3 Å². The first-order chi connectivity index (χ1) is 8.71. The van der Waals surface area contributed by atoms with E-state index < -0.39 is 0 Å². The van der Waals surface area contributed by atoms with Gasteiger partial charge in [-0.1, -0.05) is 33.1 Å². The van der Waals surface area contributed by atoms with Crippen LogP contribution in [0, 0.1) is 24.2 Å². The molecule has 0 aliphatic carbocycles. The van der Waals surface area contributed by atoms with Crippen LogP contribution in [0.4, 0.5) is 5.69 Å². The van der Waals surface area contributed by atoms with Gasteiger partial charge in [-0.25, -0.2) is 0 Å². The Bertz CT molecular complexity index is 404. The second-order valence-electron chi connectivity index (χ2n) is 4.94. The fourth-order valence-corrected chi connectivity index (χ4v) is 2.10. The van der Waals surface area contributed by atoms with E-state index in [-0.39, 0.29) is 0 Å². The molecule has 0 aliphatic heterocycles. The molecule has 98 valence electrons. The number of anilines is 1. The highest BCUT2D eigenvalue weighted by atomic mass is 14.9. The van der Waals surface area contributed by atoms with E-state index in [0.717, 1.165) is 29.3 Å². The molecule has 1 unspecified atom stereocenters. The Kier molecular flexibility index (Phi) is 6.28. The van der Waals surface area contributed by atoms with E-state index >= 15 is 0 Å². The van der Waals surface area contributed by atoms with Crippen molar-refractivity contribution in [1.29, 1.82) is 5.26 Å². The van der Waals surface area contributed by atoms with Gasteiger partial charge < -0.3 is 5.32 Å². The summed E-state index contributed by atoms with van der Waals surface area (Å²) in [6.45, 7) is 7.51. The number of aryl methyl sites for hydroxylation is 1. The molecule has 0 radical (unpaired) electrons. The van der Waals surface area contributed by atoms with Crippen LogP contribution in [-0.4, -0.2) is 6.54 Å². The Morgan fingerprint density at radius 3 is 2.67 bits per heavy atom. The Balaban J connectivity index is 2.52. The number of nitrogens with zero attached hydrogens (tertiary/aromatic N) is 1. The third kappa shape index (κ3) is 4.41. The normalized spacial score (nSPS) is 11.9. The van der Waals surface area contributed by atoms with Gasteiger partial charge in [-0.05, 0) is 43.0 Å². The summed E-state index contributed by atoms with van der Waals surface area (Å²) in [5.74, 6) is 0.751. The fraction of sp³-hybridized carbons (Fsp3) is 0.562. The number of hydrogen-bond acceptors (Lipinski definition) is 2. The average molecular weight is 244 g/mol. The van der Waals surface area contributed by atoms with Gasteiger partial charge in [0, 0.05) is 12.2 Å². The van der Waals surface area contributed by atoms with Gasteiger partial charge in [-0.2, -0.15) is 5.26 Å². The molecule has 0 saturated carbocycles. The van der Waals surface area contributed by atoms with Gasteiger partial charge in [0.05, 0.1) is 11.6 Å². The van der Waals surface area contributed by atoms with Crippen LogP contribution in [0.1, 0.15) is 50.7 Å². The SMILES string of the molecule is CCCCC(CC)CNc1ccc(C#N)c(C)c1. The molecule has 2 nitrogen and oxygen atoms in total. The lowest BCUT2D eigenvalue weighted by atomic mass is 9.99. The summed E-state index contributed by atoms with van der Waals surface area (Å²) in [7, 11) is 0. The van der Waals surface area contributed by atoms with Crippen molar-refractivity contribution in [2.45, 2.75) is 46.5 Å². The number of nitriles is 1. The Morgan fingerprint density at radius 2 is 2.11 bits per heavy atom. The monoisotopic (exact) mass is 244 g/mol. The summed E-state index contributed by atoms with van der Waals surface area (Å²) in [6.07, 6.45) is 5.11.